The van der Waals surface area contributed by atoms with Crippen molar-refractivity contribution in [3.63, 3.8) is 0 Å². The lowest BCUT2D eigenvalue weighted by Crippen LogP contribution is -2.43. The van der Waals surface area contributed by atoms with E-state index >= 15 is 0 Å². The molecule has 1 unspecified atom stereocenters. The largest absolute Gasteiger partial charge is 0.480 e. The molecule has 3 N–H and O–H groups in total. The highest BCUT2D eigenvalue weighted by Crippen LogP contribution is 2.44. The van der Waals surface area contributed by atoms with Gasteiger partial charge < -0.3 is 25.2 Å². The monoisotopic (exact) mass is 481 g/mol. The smallest absolute Gasteiger partial charge is 0.407 e. The zero-order chi connectivity index (χ0) is 24.1. The van der Waals surface area contributed by atoms with Gasteiger partial charge in [0.05, 0.1) is 19.3 Å². The molecule has 0 saturated heterocycles. The molecule has 2 amide bonds. The number of ether oxygens (including phenoxy) is 2. The second kappa shape index (κ2) is 10.4. The number of hydrogen-bond acceptors (Lipinski definition) is 7. The number of methoxy groups -OCH3 is 1. The molecule has 4 rings (SSSR count). The fourth-order valence-corrected chi connectivity index (χ4v) is 4.63. The van der Waals surface area contributed by atoms with Crippen molar-refractivity contribution in [2.45, 2.75) is 18.5 Å². The summed E-state index contributed by atoms with van der Waals surface area (Å²) in [5, 5.41) is 14.6. The van der Waals surface area contributed by atoms with Crippen LogP contribution in [-0.4, -0.2) is 54.4 Å². The van der Waals surface area contributed by atoms with E-state index in [1.54, 1.807) is 0 Å². The maximum atomic E-state index is 12.3. The fraction of sp³-hybridized carbons (Fsp3) is 0.250. The van der Waals surface area contributed by atoms with E-state index in [4.69, 9.17) is 14.6 Å². The molecule has 2 aromatic carbocycles. The predicted octanol–water partition coefficient (Wildman–Crippen LogP) is 3.01. The van der Waals surface area contributed by atoms with Crippen LogP contribution in [0.1, 0.15) is 31.7 Å². The van der Waals surface area contributed by atoms with E-state index in [2.05, 4.69) is 27.8 Å². The normalized spacial score (nSPS) is 13.0. The number of hydrogen-bond donors (Lipinski definition) is 3. The number of carboxylic acid groups (broad SMARTS) is 1. The maximum Gasteiger partial charge on any atom is 0.407 e. The van der Waals surface area contributed by atoms with Gasteiger partial charge in [-0.25, -0.2) is 14.6 Å². The first-order chi connectivity index (χ1) is 16.5. The SMILES string of the molecule is COCC(NC(=O)c1cnc(CNC(=O)OCC2c3ccccc3-c3ccccc32)s1)C(=O)O. The van der Waals surface area contributed by atoms with E-state index in [0.29, 0.717) is 5.01 Å². The Bertz CT molecular complexity index is 1170. The van der Waals surface area contributed by atoms with Gasteiger partial charge in [0.15, 0.2) is 6.04 Å². The van der Waals surface area contributed by atoms with E-state index in [9.17, 15) is 14.4 Å². The van der Waals surface area contributed by atoms with Gasteiger partial charge in [-0.1, -0.05) is 48.5 Å². The molecule has 0 aliphatic heterocycles. The van der Waals surface area contributed by atoms with Gasteiger partial charge in [-0.05, 0) is 22.3 Å². The molecule has 1 heterocycles. The van der Waals surface area contributed by atoms with Crippen LogP contribution < -0.4 is 10.6 Å². The third-order valence-electron chi connectivity index (χ3n) is 5.44. The number of nitrogens with one attached hydrogen (secondary N) is 2. The molecule has 1 aliphatic rings. The Morgan fingerprint density at radius 1 is 1.09 bits per heavy atom. The van der Waals surface area contributed by atoms with E-state index in [1.807, 2.05) is 36.4 Å². The zero-order valence-corrected chi connectivity index (χ0v) is 19.1. The molecule has 176 valence electrons. The number of rotatable bonds is 9. The van der Waals surface area contributed by atoms with Crippen LogP contribution in [0.2, 0.25) is 0 Å². The molecular formula is C24H23N3O6S. The van der Waals surface area contributed by atoms with Crippen LogP contribution in [0.25, 0.3) is 11.1 Å². The van der Waals surface area contributed by atoms with Crippen molar-refractivity contribution >= 4 is 29.3 Å². The highest BCUT2D eigenvalue weighted by molar-refractivity contribution is 7.13. The third kappa shape index (κ3) is 5.08. The average Bonchev–Trinajstić information content (AvgIpc) is 3.44. The second-order valence-electron chi connectivity index (χ2n) is 7.62. The van der Waals surface area contributed by atoms with Crippen LogP contribution in [-0.2, 0) is 20.8 Å². The molecular weight excluding hydrogens is 458 g/mol. The van der Waals surface area contributed by atoms with Gasteiger partial charge >= 0.3 is 12.1 Å². The Labute approximate surface area is 199 Å². The molecule has 0 fully saturated rings. The lowest BCUT2D eigenvalue weighted by atomic mass is 9.98. The first-order valence-electron chi connectivity index (χ1n) is 10.5. The first kappa shape index (κ1) is 23.4. The minimum absolute atomic E-state index is 0.0393. The van der Waals surface area contributed by atoms with Gasteiger partial charge in [0.1, 0.15) is 16.5 Å². The van der Waals surface area contributed by atoms with Crippen LogP contribution in [0, 0.1) is 0 Å². The predicted molar refractivity (Wildman–Crippen MR) is 125 cm³/mol. The van der Waals surface area contributed by atoms with Gasteiger partial charge in [0, 0.05) is 13.0 Å². The van der Waals surface area contributed by atoms with Crippen molar-refractivity contribution < 1.29 is 29.0 Å². The zero-order valence-electron chi connectivity index (χ0n) is 18.3. The minimum atomic E-state index is -1.20. The molecule has 9 nitrogen and oxygen atoms in total. The molecule has 34 heavy (non-hydrogen) atoms. The molecule has 0 spiro atoms. The van der Waals surface area contributed by atoms with E-state index < -0.39 is 24.0 Å². The van der Waals surface area contributed by atoms with E-state index in [-0.39, 0.29) is 30.6 Å². The number of thiazole rings is 1. The number of carbonyl (C=O) groups is 3. The van der Waals surface area contributed by atoms with Crippen LogP contribution in [0.15, 0.2) is 54.7 Å². The number of fused-ring (bicyclic) bond motifs is 3. The number of alkyl carbamates (subject to hydrolysis) is 1. The molecule has 0 bridgehead atoms. The van der Waals surface area contributed by atoms with Crippen LogP contribution in [0.5, 0.6) is 0 Å². The summed E-state index contributed by atoms with van der Waals surface area (Å²) >= 11 is 1.05. The fourth-order valence-electron chi connectivity index (χ4n) is 3.86. The number of aliphatic carboxylic acids is 1. The number of amides is 2. The van der Waals surface area contributed by atoms with Gasteiger partial charge in [-0.3, -0.25) is 4.79 Å². The van der Waals surface area contributed by atoms with Gasteiger partial charge in [-0.2, -0.15) is 0 Å². The van der Waals surface area contributed by atoms with Crippen molar-refractivity contribution in [1.29, 1.82) is 0 Å². The first-order valence-corrected chi connectivity index (χ1v) is 11.4. The van der Waals surface area contributed by atoms with Crippen molar-refractivity contribution in [3.8, 4) is 11.1 Å². The Kier molecular flexibility index (Phi) is 7.19. The molecule has 1 aromatic heterocycles. The van der Waals surface area contributed by atoms with E-state index in [1.165, 1.54) is 13.3 Å². The van der Waals surface area contributed by atoms with Crippen molar-refractivity contribution in [3.05, 3.63) is 75.7 Å². The summed E-state index contributed by atoms with van der Waals surface area (Å²) in [5.74, 6) is -1.81. The van der Waals surface area contributed by atoms with Crippen LogP contribution in [0.4, 0.5) is 4.79 Å². The quantitative estimate of drug-likeness (QED) is 0.429. The summed E-state index contributed by atoms with van der Waals surface area (Å²) in [6, 6.07) is 15.0. The maximum absolute atomic E-state index is 12.3. The van der Waals surface area contributed by atoms with Crippen molar-refractivity contribution in [2.24, 2.45) is 0 Å². The molecule has 1 aliphatic carbocycles. The van der Waals surface area contributed by atoms with Crippen molar-refractivity contribution in [2.75, 3.05) is 20.3 Å². The Morgan fingerprint density at radius 3 is 2.35 bits per heavy atom. The molecule has 0 saturated carbocycles. The number of carboxylic acids is 1. The number of benzene rings is 2. The second-order valence-corrected chi connectivity index (χ2v) is 8.73. The minimum Gasteiger partial charge on any atom is -0.480 e. The highest BCUT2D eigenvalue weighted by atomic mass is 32.1. The van der Waals surface area contributed by atoms with Crippen molar-refractivity contribution in [1.82, 2.24) is 15.6 Å². The summed E-state index contributed by atoms with van der Waals surface area (Å²) < 4.78 is 10.3. The number of nitrogens with zero attached hydrogens (tertiary/aromatic N) is 1. The Balaban J connectivity index is 1.30. The average molecular weight is 482 g/mol. The molecule has 0 radical (unpaired) electrons. The molecule has 10 heteroatoms. The summed E-state index contributed by atoms with van der Waals surface area (Å²) in [7, 11) is 1.35. The lowest BCUT2D eigenvalue weighted by Gasteiger charge is -2.14. The van der Waals surface area contributed by atoms with Crippen LogP contribution in [0.3, 0.4) is 0 Å². The van der Waals surface area contributed by atoms with Gasteiger partial charge in [0.2, 0.25) is 0 Å². The summed E-state index contributed by atoms with van der Waals surface area (Å²) in [4.78, 5) is 40.1. The number of carbonyl (C=O) groups excluding carboxylic acids is 2. The number of aromatic nitrogens is 1. The summed E-state index contributed by atoms with van der Waals surface area (Å²) in [6.07, 6.45) is 0.745. The Morgan fingerprint density at radius 2 is 1.74 bits per heavy atom. The highest BCUT2D eigenvalue weighted by Gasteiger charge is 2.29. The standard InChI is InChI=1S/C24H23N3O6S/c1-32-13-19(23(29)30)27-22(28)20-10-25-21(34-20)11-26-24(31)33-12-18-16-8-4-2-6-14(16)15-7-3-5-9-17(15)18/h2-10,18-19H,11-13H2,1H3,(H,26,31)(H,27,28)(H,29,30). The summed E-state index contributed by atoms with van der Waals surface area (Å²) in [5.41, 5.74) is 4.55. The van der Waals surface area contributed by atoms with E-state index in [0.717, 1.165) is 33.6 Å². The Hall–Kier alpha value is -3.76. The molecule has 1 atom stereocenters. The van der Waals surface area contributed by atoms with Gasteiger partial charge in [0.25, 0.3) is 5.91 Å². The lowest BCUT2D eigenvalue weighted by molar-refractivity contribution is -0.140. The van der Waals surface area contributed by atoms with Crippen LogP contribution >= 0.6 is 11.3 Å². The topological polar surface area (TPSA) is 127 Å². The molecule has 3 aromatic rings. The van der Waals surface area contributed by atoms with Gasteiger partial charge in [-0.15, -0.1) is 11.3 Å². The summed E-state index contributed by atoms with van der Waals surface area (Å²) in [6.45, 7) is 0.118. The third-order valence-corrected chi connectivity index (χ3v) is 6.44.